The Labute approximate surface area is 281 Å². The molecule has 2 fully saturated rings. The maximum Gasteiger partial charge on any atom is 0.253 e. The first-order valence-corrected chi connectivity index (χ1v) is 17.0. The molecule has 2 N–H and O–H groups in total. The summed E-state index contributed by atoms with van der Waals surface area (Å²) in [7, 11) is 0. The van der Waals surface area contributed by atoms with Gasteiger partial charge in [0.05, 0.1) is 17.5 Å². The molecule has 6 rings (SSSR count). The molecule has 47 heavy (non-hydrogen) atoms. The minimum atomic E-state index is -0.748. The first-order valence-electron chi connectivity index (χ1n) is 16.6. The second-order valence-corrected chi connectivity index (χ2v) is 13.2. The highest BCUT2D eigenvalue weighted by molar-refractivity contribution is 6.30. The molecule has 1 atom stereocenters. The van der Waals surface area contributed by atoms with Gasteiger partial charge in [-0.2, -0.15) is 0 Å². The van der Waals surface area contributed by atoms with Crippen molar-refractivity contribution in [1.82, 2.24) is 25.4 Å². The topological polar surface area (TPSA) is 94.6 Å². The van der Waals surface area contributed by atoms with Crippen LogP contribution >= 0.6 is 11.6 Å². The van der Waals surface area contributed by atoms with Gasteiger partial charge in [0.1, 0.15) is 6.04 Å². The average molecular weight is 652 g/mol. The fourth-order valence-corrected chi connectivity index (χ4v) is 7.16. The van der Waals surface area contributed by atoms with Crippen molar-refractivity contribution in [2.24, 2.45) is 0 Å². The van der Waals surface area contributed by atoms with Crippen molar-refractivity contribution in [1.29, 1.82) is 0 Å². The van der Waals surface area contributed by atoms with Crippen molar-refractivity contribution in [2.75, 3.05) is 32.7 Å². The predicted octanol–water partition coefficient (Wildman–Crippen LogP) is 5.44. The highest BCUT2D eigenvalue weighted by atomic mass is 35.5. The first kappa shape index (κ1) is 32.7. The van der Waals surface area contributed by atoms with Crippen molar-refractivity contribution < 1.29 is 14.4 Å². The molecule has 3 amide bonds. The van der Waals surface area contributed by atoms with Crippen LogP contribution in [0.2, 0.25) is 5.02 Å². The maximum absolute atomic E-state index is 14.1. The van der Waals surface area contributed by atoms with E-state index in [1.54, 1.807) is 18.3 Å². The lowest BCUT2D eigenvalue weighted by atomic mass is 9.79. The van der Waals surface area contributed by atoms with Crippen LogP contribution in [-0.4, -0.2) is 76.8 Å². The van der Waals surface area contributed by atoms with Crippen LogP contribution in [-0.2, 0) is 22.4 Å². The number of carbonyl (C=O) groups is 3. The summed E-state index contributed by atoms with van der Waals surface area (Å²) in [4.78, 5) is 49.3. The number of fused-ring (bicyclic) bond motifs is 1. The van der Waals surface area contributed by atoms with E-state index in [9.17, 15) is 14.4 Å². The van der Waals surface area contributed by atoms with E-state index in [2.05, 4.69) is 20.5 Å². The van der Waals surface area contributed by atoms with Gasteiger partial charge in [-0.1, -0.05) is 91.5 Å². The van der Waals surface area contributed by atoms with Crippen LogP contribution in [0.1, 0.15) is 53.6 Å². The summed E-state index contributed by atoms with van der Waals surface area (Å²) in [5.41, 5.74) is 3.03. The fraction of sp³-hybridized carbons (Fsp3) is 0.368. The maximum atomic E-state index is 14.1. The van der Waals surface area contributed by atoms with E-state index >= 15 is 0 Å². The smallest absolute Gasteiger partial charge is 0.253 e. The molecule has 8 nitrogen and oxygen atoms in total. The van der Waals surface area contributed by atoms with E-state index < -0.39 is 6.04 Å². The van der Waals surface area contributed by atoms with Gasteiger partial charge in [0.2, 0.25) is 11.8 Å². The number of nitrogens with zero attached hydrogens (tertiary/aromatic N) is 3. The minimum absolute atomic E-state index is 0.0392. The minimum Gasteiger partial charge on any atom is -0.354 e. The number of hydrogen-bond donors (Lipinski definition) is 2. The molecule has 2 heterocycles. The molecule has 0 spiro atoms. The number of nitrogens with one attached hydrogen (secondary N) is 2. The molecule has 244 valence electrons. The van der Waals surface area contributed by atoms with Crippen LogP contribution in [0.15, 0.2) is 91.1 Å². The zero-order valence-corrected chi connectivity index (χ0v) is 27.4. The molecule has 1 aliphatic carbocycles. The number of aromatic nitrogens is 1. The zero-order chi connectivity index (χ0) is 32.6. The van der Waals surface area contributed by atoms with Crippen molar-refractivity contribution >= 4 is 40.2 Å². The number of carbonyl (C=O) groups excluding carboxylic acids is 3. The molecule has 3 aromatic carbocycles. The Kier molecular flexibility index (Phi) is 10.5. The molecule has 1 aliphatic heterocycles. The highest BCUT2D eigenvalue weighted by Crippen LogP contribution is 2.34. The predicted molar refractivity (Wildman–Crippen MR) is 185 cm³/mol. The number of piperazine rings is 1. The Hall–Kier alpha value is -4.27. The van der Waals surface area contributed by atoms with Gasteiger partial charge in [0.15, 0.2) is 0 Å². The van der Waals surface area contributed by atoms with Gasteiger partial charge in [-0.05, 0) is 48.2 Å². The van der Waals surface area contributed by atoms with Crippen LogP contribution < -0.4 is 10.6 Å². The lowest BCUT2D eigenvalue weighted by Gasteiger charge is -2.50. The van der Waals surface area contributed by atoms with Crippen LogP contribution in [0, 0.1) is 0 Å². The number of amides is 3. The Bertz CT molecular complexity index is 1680. The van der Waals surface area contributed by atoms with Crippen molar-refractivity contribution in [3.8, 4) is 0 Å². The van der Waals surface area contributed by atoms with Gasteiger partial charge >= 0.3 is 0 Å². The van der Waals surface area contributed by atoms with E-state index in [0.29, 0.717) is 43.1 Å². The van der Waals surface area contributed by atoms with Gasteiger partial charge < -0.3 is 15.5 Å². The largest absolute Gasteiger partial charge is 0.354 e. The van der Waals surface area contributed by atoms with E-state index in [-0.39, 0.29) is 23.3 Å². The molecule has 1 aromatic heterocycles. The number of rotatable bonds is 10. The molecular weight excluding hydrogens is 610 g/mol. The average Bonchev–Trinajstić information content (AvgIpc) is 3.11. The standard InChI is InChI=1S/C38H42ClN5O3/c39-32-15-13-29(14-16-32)23-34(42-36(46)31-25-30-11-5-6-12-33(30)40-26-31)37(47)43-19-21-44(22-20-43)38(17-7-2-8-18-38)27-41-35(45)24-28-9-3-1-4-10-28/h1,3-6,9-16,25-26,34H,2,7-8,17-24,27H2,(H,41,45)(H,42,46). The Balaban J connectivity index is 1.12. The van der Waals surface area contributed by atoms with Crippen molar-refractivity contribution in [3.05, 3.63) is 113 Å². The molecule has 1 saturated heterocycles. The van der Waals surface area contributed by atoms with Crippen molar-refractivity contribution in [2.45, 2.75) is 56.5 Å². The van der Waals surface area contributed by atoms with Crippen LogP contribution in [0.25, 0.3) is 10.9 Å². The number of halogens is 1. The third-order valence-corrected chi connectivity index (χ3v) is 9.93. The van der Waals surface area contributed by atoms with E-state index in [1.165, 1.54) is 6.42 Å². The summed E-state index contributed by atoms with van der Waals surface area (Å²) in [6, 6.07) is 25.9. The normalized spacial score (nSPS) is 17.2. The Morgan fingerprint density at radius 1 is 0.830 bits per heavy atom. The number of benzene rings is 3. The monoisotopic (exact) mass is 651 g/mol. The van der Waals surface area contributed by atoms with Gasteiger partial charge in [0.25, 0.3) is 5.91 Å². The first-order chi connectivity index (χ1) is 22.9. The molecule has 2 aliphatic rings. The van der Waals surface area contributed by atoms with Gasteiger partial charge in [-0.3, -0.25) is 24.3 Å². The number of pyridine rings is 1. The summed E-state index contributed by atoms with van der Waals surface area (Å²) in [6.45, 7) is 3.17. The highest BCUT2D eigenvalue weighted by Gasteiger charge is 2.40. The lowest BCUT2D eigenvalue weighted by molar-refractivity contribution is -0.136. The lowest BCUT2D eigenvalue weighted by Crippen LogP contribution is -2.63. The molecule has 1 unspecified atom stereocenters. The van der Waals surface area contributed by atoms with E-state index in [0.717, 1.165) is 60.8 Å². The van der Waals surface area contributed by atoms with Gasteiger partial charge in [-0.25, -0.2) is 0 Å². The molecule has 4 aromatic rings. The zero-order valence-electron chi connectivity index (χ0n) is 26.7. The summed E-state index contributed by atoms with van der Waals surface area (Å²) >= 11 is 6.13. The third-order valence-electron chi connectivity index (χ3n) is 9.68. The van der Waals surface area contributed by atoms with Crippen molar-refractivity contribution in [3.63, 3.8) is 0 Å². The van der Waals surface area contributed by atoms with Crippen LogP contribution in [0.5, 0.6) is 0 Å². The second-order valence-electron chi connectivity index (χ2n) is 12.8. The molecular formula is C38H42ClN5O3. The summed E-state index contributed by atoms with van der Waals surface area (Å²) in [6.07, 6.45) is 7.80. The molecule has 0 bridgehead atoms. The molecule has 9 heteroatoms. The quantitative estimate of drug-likeness (QED) is 0.238. The fourth-order valence-electron chi connectivity index (χ4n) is 7.04. The molecule has 1 saturated carbocycles. The second kappa shape index (κ2) is 15.1. The van der Waals surface area contributed by atoms with Gasteiger partial charge in [0, 0.05) is 61.3 Å². The van der Waals surface area contributed by atoms with E-state index in [1.807, 2.05) is 77.7 Å². The van der Waals surface area contributed by atoms with E-state index in [4.69, 9.17) is 11.6 Å². The number of hydrogen-bond acceptors (Lipinski definition) is 5. The third kappa shape index (κ3) is 8.18. The summed E-state index contributed by atoms with van der Waals surface area (Å²) in [5.74, 6) is -0.394. The SMILES string of the molecule is O=C(Cc1ccccc1)NCC1(N2CCN(C(=O)C(Cc3ccc(Cl)cc3)NC(=O)c3cnc4ccccc4c3)CC2)CCCCC1. The van der Waals surface area contributed by atoms with Crippen LogP contribution in [0.3, 0.4) is 0 Å². The summed E-state index contributed by atoms with van der Waals surface area (Å²) < 4.78 is 0. The Morgan fingerprint density at radius 3 is 2.28 bits per heavy atom. The van der Waals surface area contributed by atoms with Gasteiger partial charge in [-0.15, -0.1) is 0 Å². The molecule has 0 radical (unpaired) electrons. The Morgan fingerprint density at radius 2 is 1.53 bits per heavy atom. The number of para-hydroxylation sites is 1. The summed E-state index contributed by atoms with van der Waals surface area (Å²) in [5, 5.41) is 7.76. The van der Waals surface area contributed by atoms with Crippen LogP contribution in [0.4, 0.5) is 0 Å².